The number of esters is 1. The first-order chi connectivity index (χ1) is 9.41. The first-order valence-corrected chi connectivity index (χ1v) is 7.73. The van der Waals surface area contributed by atoms with Crippen LogP contribution in [0.25, 0.3) is 0 Å². The summed E-state index contributed by atoms with van der Waals surface area (Å²) in [6.45, 7) is 3.62. The number of rotatable bonds is 7. The van der Waals surface area contributed by atoms with Gasteiger partial charge >= 0.3 is 5.97 Å². The fourth-order valence-corrected chi connectivity index (χ4v) is 3.00. The number of hydrogen-bond acceptors (Lipinski definition) is 6. The van der Waals surface area contributed by atoms with Gasteiger partial charge in [-0.25, -0.2) is 13.4 Å². The molecule has 0 aliphatic carbocycles. The highest BCUT2D eigenvalue weighted by Gasteiger charge is 2.26. The van der Waals surface area contributed by atoms with Gasteiger partial charge in [-0.05, 0) is 25.5 Å². The minimum absolute atomic E-state index is 0.00412. The lowest BCUT2D eigenvalue weighted by Gasteiger charge is -2.20. The predicted octanol–water partition coefficient (Wildman–Crippen LogP) is 0.628. The van der Waals surface area contributed by atoms with Crippen LogP contribution in [0.1, 0.15) is 20.3 Å². The van der Waals surface area contributed by atoms with E-state index in [1.807, 2.05) is 6.92 Å². The summed E-state index contributed by atoms with van der Waals surface area (Å²) in [5.74, 6) is -0.343. The SMILES string of the molecule is CCCN(CC(=O)OCC)S(=O)(=O)c1ccc(N)nc1. The largest absolute Gasteiger partial charge is 0.465 e. The van der Waals surface area contributed by atoms with E-state index in [0.717, 1.165) is 4.31 Å². The fourth-order valence-electron chi connectivity index (χ4n) is 1.58. The molecule has 0 saturated carbocycles. The lowest BCUT2D eigenvalue weighted by atomic mass is 10.5. The van der Waals surface area contributed by atoms with Gasteiger partial charge in [0.25, 0.3) is 0 Å². The molecule has 0 atom stereocenters. The number of anilines is 1. The van der Waals surface area contributed by atoms with Crippen LogP contribution in [0, 0.1) is 0 Å². The number of nitrogens with two attached hydrogens (primary N) is 1. The molecule has 7 nitrogen and oxygen atoms in total. The number of pyridine rings is 1. The van der Waals surface area contributed by atoms with Gasteiger partial charge < -0.3 is 10.5 Å². The summed E-state index contributed by atoms with van der Waals surface area (Å²) in [6.07, 6.45) is 1.76. The molecule has 20 heavy (non-hydrogen) atoms. The highest BCUT2D eigenvalue weighted by atomic mass is 32.2. The summed E-state index contributed by atoms with van der Waals surface area (Å²) in [5, 5.41) is 0. The van der Waals surface area contributed by atoms with Crippen molar-refractivity contribution in [3.63, 3.8) is 0 Å². The van der Waals surface area contributed by atoms with Crippen molar-refractivity contribution in [2.75, 3.05) is 25.4 Å². The van der Waals surface area contributed by atoms with Gasteiger partial charge in [0, 0.05) is 12.7 Å². The predicted molar refractivity (Wildman–Crippen MR) is 74.3 cm³/mol. The molecule has 0 aromatic carbocycles. The number of carbonyl (C=O) groups excluding carboxylic acids is 1. The normalized spacial score (nSPS) is 11.6. The second-order valence-corrected chi connectivity index (χ2v) is 6.00. The summed E-state index contributed by atoms with van der Waals surface area (Å²) >= 11 is 0. The molecule has 8 heteroatoms. The highest BCUT2D eigenvalue weighted by Crippen LogP contribution is 2.16. The third-order valence-corrected chi connectivity index (χ3v) is 4.31. The van der Waals surface area contributed by atoms with Crippen molar-refractivity contribution in [3.8, 4) is 0 Å². The van der Waals surface area contributed by atoms with Crippen molar-refractivity contribution in [2.45, 2.75) is 25.2 Å². The third-order valence-electron chi connectivity index (χ3n) is 2.48. The summed E-state index contributed by atoms with van der Waals surface area (Å²) in [5.41, 5.74) is 5.43. The van der Waals surface area contributed by atoms with Gasteiger partial charge in [-0.3, -0.25) is 4.79 Å². The van der Waals surface area contributed by atoms with Crippen LogP contribution in [0.5, 0.6) is 0 Å². The zero-order chi connectivity index (χ0) is 15.2. The molecule has 0 aliphatic heterocycles. The van der Waals surface area contributed by atoms with Gasteiger partial charge in [0.2, 0.25) is 10.0 Å². The molecule has 1 aromatic heterocycles. The monoisotopic (exact) mass is 301 g/mol. The van der Waals surface area contributed by atoms with E-state index in [1.54, 1.807) is 6.92 Å². The molecule has 0 aliphatic rings. The summed E-state index contributed by atoms with van der Waals surface area (Å²) in [6, 6.07) is 2.77. The van der Waals surface area contributed by atoms with Gasteiger partial charge in [-0.1, -0.05) is 6.92 Å². The molecule has 0 amide bonds. The van der Waals surface area contributed by atoms with Crippen molar-refractivity contribution >= 4 is 21.8 Å². The third kappa shape index (κ3) is 4.17. The zero-order valence-electron chi connectivity index (χ0n) is 11.6. The van der Waals surface area contributed by atoms with Crippen LogP contribution in [-0.2, 0) is 19.6 Å². The van der Waals surface area contributed by atoms with E-state index in [4.69, 9.17) is 10.5 Å². The van der Waals surface area contributed by atoms with Crippen molar-refractivity contribution in [1.29, 1.82) is 0 Å². The molecule has 0 bridgehead atoms. The van der Waals surface area contributed by atoms with Crippen LogP contribution in [0.2, 0.25) is 0 Å². The molecule has 0 saturated heterocycles. The molecule has 0 radical (unpaired) electrons. The average Bonchev–Trinajstić information content (AvgIpc) is 2.39. The van der Waals surface area contributed by atoms with Crippen LogP contribution >= 0.6 is 0 Å². The van der Waals surface area contributed by atoms with E-state index < -0.39 is 16.0 Å². The van der Waals surface area contributed by atoms with Crippen molar-refractivity contribution in [1.82, 2.24) is 9.29 Å². The van der Waals surface area contributed by atoms with Crippen LogP contribution in [-0.4, -0.2) is 43.4 Å². The van der Waals surface area contributed by atoms with Gasteiger partial charge in [0.1, 0.15) is 17.3 Å². The maximum atomic E-state index is 12.4. The molecular weight excluding hydrogens is 282 g/mol. The fraction of sp³-hybridized carbons (Fsp3) is 0.500. The number of nitrogen functional groups attached to an aromatic ring is 1. The molecular formula is C12H19N3O4S. The maximum Gasteiger partial charge on any atom is 0.321 e. The van der Waals surface area contributed by atoms with E-state index in [1.165, 1.54) is 18.3 Å². The van der Waals surface area contributed by atoms with Crippen LogP contribution in [0.15, 0.2) is 23.2 Å². The second kappa shape index (κ2) is 7.20. The van der Waals surface area contributed by atoms with Crippen molar-refractivity contribution < 1.29 is 17.9 Å². The Morgan fingerprint density at radius 2 is 2.10 bits per heavy atom. The van der Waals surface area contributed by atoms with E-state index in [-0.39, 0.29) is 30.4 Å². The van der Waals surface area contributed by atoms with Crippen LogP contribution < -0.4 is 5.73 Å². The van der Waals surface area contributed by atoms with E-state index in [2.05, 4.69) is 4.98 Å². The Labute approximate surface area is 118 Å². The Morgan fingerprint density at radius 1 is 1.40 bits per heavy atom. The van der Waals surface area contributed by atoms with Gasteiger partial charge in [0.15, 0.2) is 0 Å². The van der Waals surface area contributed by atoms with Crippen molar-refractivity contribution in [2.24, 2.45) is 0 Å². The van der Waals surface area contributed by atoms with E-state index in [9.17, 15) is 13.2 Å². The molecule has 0 spiro atoms. The molecule has 1 aromatic rings. The summed E-state index contributed by atoms with van der Waals surface area (Å²) < 4.78 is 30.7. The first kappa shape index (κ1) is 16.4. The zero-order valence-corrected chi connectivity index (χ0v) is 12.4. The smallest absolute Gasteiger partial charge is 0.321 e. The van der Waals surface area contributed by atoms with Gasteiger partial charge in [-0.15, -0.1) is 0 Å². The quantitative estimate of drug-likeness (QED) is 0.741. The molecule has 0 unspecified atom stereocenters. The number of hydrogen-bond donors (Lipinski definition) is 1. The average molecular weight is 301 g/mol. The van der Waals surface area contributed by atoms with Gasteiger partial charge in [-0.2, -0.15) is 4.31 Å². The minimum atomic E-state index is -3.78. The first-order valence-electron chi connectivity index (χ1n) is 6.29. The summed E-state index contributed by atoms with van der Waals surface area (Å²) in [4.78, 5) is 15.3. The van der Waals surface area contributed by atoms with Crippen LogP contribution in [0.3, 0.4) is 0 Å². The van der Waals surface area contributed by atoms with Gasteiger partial charge in [0.05, 0.1) is 6.61 Å². The van der Waals surface area contributed by atoms with Crippen molar-refractivity contribution in [3.05, 3.63) is 18.3 Å². The molecule has 112 valence electrons. The summed E-state index contributed by atoms with van der Waals surface area (Å²) in [7, 11) is -3.78. The Morgan fingerprint density at radius 3 is 2.60 bits per heavy atom. The Balaban J connectivity index is 2.99. The van der Waals surface area contributed by atoms with E-state index in [0.29, 0.717) is 6.42 Å². The lowest BCUT2D eigenvalue weighted by molar-refractivity contribution is -0.143. The lowest BCUT2D eigenvalue weighted by Crippen LogP contribution is -2.37. The number of ether oxygens (including phenoxy) is 1. The number of carbonyl (C=O) groups is 1. The Hall–Kier alpha value is -1.67. The second-order valence-electron chi connectivity index (χ2n) is 4.06. The topological polar surface area (TPSA) is 103 Å². The van der Waals surface area contributed by atoms with Crippen LogP contribution in [0.4, 0.5) is 5.82 Å². The number of sulfonamides is 1. The minimum Gasteiger partial charge on any atom is -0.465 e. The molecule has 1 rings (SSSR count). The Bertz CT molecular complexity index is 542. The molecule has 1 heterocycles. The maximum absolute atomic E-state index is 12.4. The molecule has 2 N–H and O–H groups in total. The number of nitrogens with zero attached hydrogens (tertiary/aromatic N) is 2. The Kier molecular flexibility index (Phi) is 5.90. The standard InChI is InChI=1S/C12H19N3O4S/c1-3-7-15(9-12(16)19-4-2)20(17,18)10-5-6-11(13)14-8-10/h5-6,8H,3-4,7,9H2,1-2H3,(H2,13,14). The van der Waals surface area contributed by atoms with E-state index >= 15 is 0 Å². The number of aromatic nitrogens is 1. The molecule has 0 fully saturated rings. The highest BCUT2D eigenvalue weighted by molar-refractivity contribution is 7.89.